The SMILES string of the molecule is O=c1oc2c(c(O)c1C(c1cc3ccccc3s1)C1CC1)CCCCCC2. The van der Waals surface area contributed by atoms with Gasteiger partial charge in [0.15, 0.2) is 0 Å². The second-order valence-corrected chi connectivity index (χ2v) is 9.08. The van der Waals surface area contributed by atoms with Crippen LogP contribution >= 0.6 is 11.3 Å². The van der Waals surface area contributed by atoms with Crippen molar-refractivity contribution in [1.82, 2.24) is 0 Å². The smallest absolute Gasteiger partial charge is 0.343 e. The number of hydrogen-bond acceptors (Lipinski definition) is 4. The number of hydrogen-bond donors (Lipinski definition) is 1. The lowest BCUT2D eigenvalue weighted by Gasteiger charge is -2.20. The molecular formula is C23H24O3S. The number of rotatable bonds is 3. The average molecular weight is 381 g/mol. The number of thiophene rings is 1. The third kappa shape index (κ3) is 3.10. The molecule has 1 atom stereocenters. The predicted octanol–water partition coefficient (Wildman–Crippen LogP) is 5.76. The van der Waals surface area contributed by atoms with Gasteiger partial charge in [0.1, 0.15) is 11.5 Å². The molecule has 1 aromatic carbocycles. The summed E-state index contributed by atoms with van der Waals surface area (Å²) in [6, 6.07) is 10.5. The van der Waals surface area contributed by atoms with Crippen LogP contribution in [0.3, 0.4) is 0 Å². The van der Waals surface area contributed by atoms with Crippen molar-refractivity contribution >= 4 is 21.4 Å². The highest BCUT2D eigenvalue weighted by Crippen LogP contribution is 2.50. The molecule has 0 amide bonds. The van der Waals surface area contributed by atoms with E-state index in [0.717, 1.165) is 50.5 Å². The first kappa shape index (κ1) is 17.1. The van der Waals surface area contributed by atoms with Gasteiger partial charge in [-0.25, -0.2) is 4.79 Å². The van der Waals surface area contributed by atoms with E-state index in [1.54, 1.807) is 11.3 Å². The van der Waals surface area contributed by atoms with Gasteiger partial charge in [-0.2, -0.15) is 0 Å². The minimum atomic E-state index is -0.332. The summed E-state index contributed by atoms with van der Waals surface area (Å²) >= 11 is 1.74. The Morgan fingerprint density at radius 1 is 1.07 bits per heavy atom. The molecule has 2 heterocycles. The molecule has 1 fully saturated rings. The normalized spacial score (nSPS) is 18.7. The molecule has 0 bridgehead atoms. The number of fused-ring (bicyclic) bond motifs is 2. The molecule has 1 N–H and O–H groups in total. The Morgan fingerprint density at radius 2 is 1.85 bits per heavy atom. The van der Waals surface area contributed by atoms with Crippen LogP contribution in [0.1, 0.15) is 66.2 Å². The molecule has 3 nitrogen and oxygen atoms in total. The highest BCUT2D eigenvalue weighted by Gasteiger charge is 2.39. The molecule has 3 aromatic rings. The van der Waals surface area contributed by atoms with E-state index in [0.29, 0.717) is 17.2 Å². The Morgan fingerprint density at radius 3 is 2.63 bits per heavy atom. The average Bonchev–Trinajstić information content (AvgIpc) is 3.37. The third-order valence-corrected chi connectivity index (χ3v) is 7.25. The second kappa shape index (κ2) is 6.83. The minimum absolute atomic E-state index is 0.0469. The largest absolute Gasteiger partial charge is 0.507 e. The van der Waals surface area contributed by atoms with Gasteiger partial charge in [-0.15, -0.1) is 11.3 Å². The lowest BCUT2D eigenvalue weighted by Crippen LogP contribution is -2.18. The fraction of sp³-hybridized carbons (Fsp3) is 0.435. The zero-order valence-corrected chi connectivity index (χ0v) is 16.2. The summed E-state index contributed by atoms with van der Waals surface area (Å²) in [5, 5.41) is 12.4. The van der Waals surface area contributed by atoms with Crippen LogP contribution in [-0.2, 0) is 12.8 Å². The standard InChI is InChI=1S/C23H24O3S/c24-22-16-8-3-1-2-4-9-17(16)26-23(25)21(22)20(14-11-12-14)19-13-15-7-5-6-10-18(15)27-19/h5-7,10,13-14,20,24H,1-4,8-9,11-12H2. The molecule has 2 aliphatic rings. The summed E-state index contributed by atoms with van der Waals surface area (Å²) in [7, 11) is 0. The molecule has 140 valence electrons. The molecule has 1 unspecified atom stereocenters. The molecule has 1 saturated carbocycles. The van der Waals surface area contributed by atoms with Crippen molar-refractivity contribution in [3.63, 3.8) is 0 Å². The number of aryl methyl sites for hydroxylation is 1. The molecule has 2 aliphatic carbocycles. The second-order valence-electron chi connectivity index (χ2n) is 7.97. The fourth-order valence-corrected chi connectivity index (χ4v) is 5.76. The van der Waals surface area contributed by atoms with Crippen LogP contribution in [0.15, 0.2) is 39.5 Å². The van der Waals surface area contributed by atoms with E-state index < -0.39 is 0 Å². The molecular weight excluding hydrogens is 356 g/mol. The first-order valence-electron chi connectivity index (χ1n) is 10.1. The Labute approximate surface area is 162 Å². The number of benzene rings is 1. The van der Waals surface area contributed by atoms with E-state index >= 15 is 0 Å². The van der Waals surface area contributed by atoms with Gasteiger partial charge in [0, 0.05) is 27.5 Å². The molecule has 0 saturated heterocycles. The van der Waals surface area contributed by atoms with Crippen LogP contribution in [-0.4, -0.2) is 5.11 Å². The number of aromatic hydroxyl groups is 1. The van der Waals surface area contributed by atoms with Crippen LogP contribution in [0.2, 0.25) is 0 Å². The fourth-order valence-electron chi connectivity index (χ4n) is 4.49. The van der Waals surface area contributed by atoms with Crippen molar-refractivity contribution in [2.75, 3.05) is 0 Å². The molecule has 0 spiro atoms. The molecule has 0 aliphatic heterocycles. The van der Waals surface area contributed by atoms with Crippen molar-refractivity contribution < 1.29 is 9.52 Å². The van der Waals surface area contributed by atoms with Gasteiger partial charge >= 0.3 is 5.63 Å². The Balaban J connectivity index is 1.66. The van der Waals surface area contributed by atoms with Crippen LogP contribution < -0.4 is 5.63 Å². The summed E-state index contributed by atoms with van der Waals surface area (Å²) in [4.78, 5) is 14.1. The van der Waals surface area contributed by atoms with E-state index in [-0.39, 0.29) is 17.3 Å². The van der Waals surface area contributed by atoms with Gasteiger partial charge in [0.25, 0.3) is 0 Å². The lowest BCUT2D eigenvalue weighted by atomic mass is 9.89. The van der Waals surface area contributed by atoms with Gasteiger partial charge in [0.05, 0.1) is 5.56 Å². The maximum atomic E-state index is 13.0. The first-order chi connectivity index (χ1) is 13.2. The maximum absolute atomic E-state index is 13.0. The molecule has 5 rings (SSSR count). The topological polar surface area (TPSA) is 50.4 Å². The highest BCUT2D eigenvalue weighted by atomic mass is 32.1. The monoisotopic (exact) mass is 380 g/mol. The quantitative estimate of drug-likeness (QED) is 0.628. The zero-order valence-electron chi connectivity index (χ0n) is 15.4. The van der Waals surface area contributed by atoms with E-state index in [2.05, 4.69) is 18.2 Å². The van der Waals surface area contributed by atoms with Gasteiger partial charge in [-0.05, 0) is 55.5 Å². The van der Waals surface area contributed by atoms with Crippen LogP contribution in [0, 0.1) is 5.92 Å². The summed E-state index contributed by atoms with van der Waals surface area (Å²) in [6.45, 7) is 0. The van der Waals surface area contributed by atoms with Crippen LogP contribution in [0.25, 0.3) is 10.1 Å². The summed E-state index contributed by atoms with van der Waals surface area (Å²) < 4.78 is 7.02. The minimum Gasteiger partial charge on any atom is -0.507 e. The zero-order chi connectivity index (χ0) is 18.4. The molecule has 27 heavy (non-hydrogen) atoms. The van der Waals surface area contributed by atoms with Crippen LogP contribution in [0.4, 0.5) is 0 Å². The Kier molecular flexibility index (Phi) is 4.31. The predicted molar refractivity (Wildman–Crippen MR) is 109 cm³/mol. The lowest BCUT2D eigenvalue weighted by molar-refractivity contribution is 0.382. The van der Waals surface area contributed by atoms with E-state index in [1.807, 2.05) is 12.1 Å². The van der Waals surface area contributed by atoms with Crippen molar-refractivity contribution in [3.05, 3.63) is 62.5 Å². The third-order valence-electron chi connectivity index (χ3n) is 6.05. The van der Waals surface area contributed by atoms with E-state index in [1.165, 1.54) is 21.4 Å². The molecule has 0 radical (unpaired) electrons. The highest BCUT2D eigenvalue weighted by molar-refractivity contribution is 7.19. The van der Waals surface area contributed by atoms with Gasteiger partial charge in [-0.3, -0.25) is 0 Å². The summed E-state index contributed by atoms with van der Waals surface area (Å²) in [5.41, 5.74) is 1.06. The van der Waals surface area contributed by atoms with Gasteiger partial charge < -0.3 is 9.52 Å². The summed E-state index contributed by atoms with van der Waals surface area (Å²) in [5.74, 6) is 1.32. The first-order valence-corrected chi connectivity index (χ1v) is 10.9. The Bertz CT molecular complexity index is 1010. The maximum Gasteiger partial charge on any atom is 0.343 e. The van der Waals surface area contributed by atoms with Gasteiger partial charge in [-0.1, -0.05) is 31.0 Å². The van der Waals surface area contributed by atoms with E-state index in [4.69, 9.17) is 4.42 Å². The van der Waals surface area contributed by atoms with Crippen molar-refractivity contribution in [1.29, 1.82) is 0 Å². The molecule has 2 aromatic heterocycles. The molecule has 4 heteroatoms. The van der Waals surface area contributed by atoms with Crippen LogP contribution in [0.5, 0.6) is 5.75 Å². The van der Waals surface area contributed by atoms with Crippen molar-refractivity contribution in [3.8, 4) is 5.75 Å². The van der Waals surface area contributed by atoms with E-state index in [9.17, 15) is 9.90 Å². The Hall–Kier alpha value is -2.07. The van der Waals surface area contributed by atoms with Crippen molar-refractivity contribution in [2.24, 2.45) is 5.92 Å². The van der Waals surface area contributed by atoms with Gasteiger partial charge in [0.2, 0.25) is 0 Å². The summed E-state index contributed by atoms with van der Waals surface area (Å²) in [6.07, 6.45) is 8.19. The van der Waals surface area contributed by atoms with Crippen molar-refractivity contribution in [2.45, 2.75) is 57.3 Å².